The molecule has 0 saturated carbocycles. The molecule has 0 saturated heterocycles. The minimum Gasteiger partial charge on any atom is -0.278 e. The van der Waals surface area contributed by atoms with Gasteiger partial charge in [-0.05, 0) is 44.4 Å². The third-order valence-corrected chi connectivity index (χ3v) is 3.97. The Labute approximate surface area is 140 Å². The Bertz CT molecular complexity index is 679. The quantitative estimate of drug-likeness (QED) is 0.517. The lowest BCUT2D eigenvalue weighted by atomic mass is 10.1. The summed E-state index contributed by atoms with van der Waals surface area (Å²) in [6.07, 6.45) is 1.67. The number of amidine groups is 1. The standard InChI is InChI=1S/C18H18N2O2S/c1-12-4-8-14(9-5-12)16(21)20(18(19)23-3)17(22)15-10-6-13(2)7-11-15/h4-11,19H,1-3H3. The average Bonchev–Trinajstić information content (AvgIpc) is 2.55. The van der Waals surface area contributed by atoms with Crippen LogP contribution in [0.25, 0.3) is 0 Å². The van der Waals surface area contributed by atoms with Crippen LogP contribution in [0.1, 0.15) is 31.8 Å². The van der Waals surface area contributed by atoms with Crippen molar-refractivity contribution < 1.29 is 9.59 Å². The van der Waals surface area contributed by atoms with Crippen LogP contribution in [0.4, 0.5) is 0 Å². The second-order valence-corrected chi connectivity index (χ2v) is 5.98. The molecule has 0 aromatic heterocycles. The molecule has 0 fully saturated rings. The van der Waals surface area contributed by atoms with Crippen LogP contribution in [0, 0.1) is 19.3 Å². The van der Waals surface area contributed by atoms with Crippen LogP contribution in [-0.4, -0.2) is 28.1 Å². The first kappa shape index (κ1) is 17.0. The molecule has 118 valence electrons. The molecule has 1 N–H and O–H groups in total. The summed E-state index contributed by atoms with van der Waals surface area (Å²) >= 11 is 1.05. The fourth-order valence-corrected chi connectivity index (χ4v) is 2.37. The van der Waals surface area contributed by atoms with Gasteiger partial charge in [0, 0.05) is 11.1 Å². The molecule has 0 bridgehead atoms. The Hall–Kier alpha value is -2.40. The Balaban J connectivity index is 2.38. The van der Waals surface area contributed by atoms with Gasteiger partial charge in [-0.1, -0.05) is 47.2 Å². The van der Waals surface area contributed by atoms with Crippen LogP contribution in [0.3, 0.4) is 0 Å². The lowest BCUT2D eigenvalue weighted by Crippen LogP contribution is -2.40. The summed E-state index contributed by atoms with van der Waals surface area (Å²) in [4.78, 5) is 26.3. The summed E-state index contributed by atoms with van der Waals surface area (Å²) < 4.78 is 0. The van der Waals surface area contributed by atoms with E-state index in [0.717, 1.165) is 27.8 Å². The van der Waals surface area contributed by atoms with Gasteiger partial charge >= 0.3 is 0 Å². The van der Waals surface area contributed by atoms with Crippen LogP contribution in [-0.2, 0) is 0 Å². The molecule has 2 aromatic carbocycles. The molecule has 0 aliphatic rings. The first-order valence-corrected chi connectivity index (χ1v) is 8.31. The second-order valence-electron chi connectivity index (χ2n) is 5.19. The predicted molar refractivity (Wildman–Crippen MR) is 94.1 cm³/mol. The maximum absolute atomic E-state index is 12.7. The van der Waals surface area contributed by atoms with E-state index in [1.807, 2.05) is 38.1 Å². The highest BCUT2D eigenvalue weighted by Gasteiger charge is 2.27. The van der Waals surface area contributed by atoms with Crippen molar-refractivity contribution in [3.63, 3.8) is 0 Å². The average molecular weight is 326 g/mol. The number of nitrogens with zero attached hydrogens (tertiary/aromatic N) is 1. The van der Waals surface area contributed by atoms with Gasteiger partial charge in [-0.15, -0.1) is 0 Å². The van der Waals surface area contributed by atoms with Gasteiger partial charge in [-0.2, -0.15) is 0 Å². The molecule has 0 atom stereocenters. The number of hydrogen-bond donors (Lipinski definition) is 1. The van der Waals surface area contributed by atoms with Crippen molar-refractivity contribution in [1.29, 1.82) is 5.41 Å². The zero-order valence-corrected chi connectivity index (χ0v) is 14.1. The van der Waals surface area contributed by atoms with Crippen molar-refractivity contribution in [2.24, 2.45) is 0 Å². The number of nitrogens with one attached hydrogen (secondary N) is 1. The topological polar surface area (TPSA) is 61.2 Å². The van der Waals surface area contributed by atoms with Gasteiger partial charge in [0.2, 0.25) is 0 Å². The van der Waals surface area contributed by atoms with Crippen molar-refractivity contribution in [1.82, 2.24) is 4.90 Å². The minimum atomic E-state index is -0.491. The Morgan fingerprint density at radius 2 is 1.17 bits per heavy atom. The summed E-state index contributed by atoms with van der Waals surface area (Å²) in [5, 5.41) is 7.89. The van der Waals surface area contributed by atoms with Crippen molar-refractivity contribution in [3.05, 3.63) is 70.8 Å². The molecule has 0 radical (unpaired) electrons. The number of aryl methyl sites for hydroxylation is 2. The number of imide groups is 1. The Morgan fingerprint density at radius 1 is 0.826 bits per heavy atom. The van der Waals surface area contributed by atoms with Crippen molar-refractivity contribution >= 4 is 28.7 Å². The minimum absolute atomic E-state index is 0.0962. The van der Waals surface area contributed by atoms with Crippen LogP contribution >= 0.6 is 11.8 Å². The number of benzene rings is 2. The van der Waals surface area contributed by atoms with E-state index in [-0.39, 0.29) is 5.17 Å². The number of thioether (sulfide) groups is 1. The molecule has 0 spiro atoms. The molecule has 0 aliphatic carbocycles. The molecule has 23 heavy (non-hydrogen) atoms. The van der Waals surface area contributed by atoms with Crippen molar-refractivity contribution in [2.75, 3.05) is 6.26 Å². The maximum Gasteiger partial charge on any atom is 0.266 e. The fourth-order valence-electron chi connectivity index (χ4n) is 2.02. The Kier molecular flexibility index (Phi) is 5.34. The molecule has 0 unspecified atom stereocenters. The van der Waals surface area contributed by atoms with Gasteiger partial charge in [0.05, 0.1) is 0 Å². The summed E-state index contributed by atoms with van der Waals surface area (Å²) in [7, 11) is 0. The van der Waals surface area contributed by atoms with Gasteiger partial charge < -0.3 is 0 Å². The van der Waals surface area contributed by atoms with Gasteiger partial charge in [0.25, 0.3) is 11.8 Å². The van der Waals surface area contributed by atoms with E-state index in [0.29, 0.717) is 11.1 Å². The normalized spacial score (nSPS) is 10.2. The zero-order valence-electron chi connectivity index (χ0n) is 13.3. The largest absolute Gasteiger partial charge is 0.278 e. The van der Waals surface area contributed by atoms with Crippen molar-refractivity contribution in [3.8, 4) is 0 Å². The number of rotatable bonds is 2. The molecule has 2 aromatic rings. The van der Waals surface area contributed by atoms with Crippen LogP contribution < -0.4 is 0 Å². The summed E-state index contributed by atoms with van der Waals surface area (Å²) in [6, 6.07) is 13.9. The SMILES string of the molecule is CSC(=N)N(C(=O)c1ccc(C)cc1)C(=O)c1ccc(C)cc1. The highest BCUT2D eigenvalue weighted by molar-refractivity contribution is 8.13. The molecule has 5 heteroatoms. The van der Waals surface area contributed by atoms with E-state index < -0.39 is 11.8 Å². The lowest BCUT2D eigenvalue weighted by Gasteiger charge is -2.20. The van der Waals surface area contributed by atoms with Gasteiger partial charge in [-0.3, -0.25) is 15.0 Å². The highest BCUT2D eigenvalue weighted by Crippen LogP contribution is 2.16. The maximum atomic E-state index is 12.7. The number of hydrogen-bond acceptors (Lipinski definition) is 4. The van der Waals surface area contributed by atoms with Gasteiger partial charge in [0.15, 0.2) is 5.17 Å². The first-order chi connectivity index (χ1) is 10.9. The monoisotopic (exact) mass is 326 g/mol. The first-order valence-electron chi connectivity index (χ1n) is 7.08. The molecule has 4 nitrogen and oxygen atoms in total. The van der Waals surface area contributed by atoms with E-state index in [1.165, 1.54) is 0 Å². The van der Waals surface area contributed by atoms with Crippen LogP contribution in [0.15, 0.2) is 48.5 Å². The third-order valence-electron chi connectivity index (χ3n) is 3.40. The van der Waals surface area contributed by atoms with Gasteiger partial charge in [0.1, 0.15) is 0 Å². The number of amides is 2. The zero-order chi connectivity index (χ0) is 17.0. The lowest BCUT2D eigenvalue weighted by molar-refractivity contribution is 0.0716. The van der Waals surface area contributed by atoms with Crippen LogP contribution in [0.5, 0.6) is 0 Å². The van der Waals surface area contributed by atoms with Crippen LogP contribution in [0.2, 0.25) is 0 Å². The molecule has 2 rings (SSSR count). The van der Waals surface area contributed by atoms with Gasteiger partial charge in [-0.25, -0.2) is 4.90 Å². The molecular weight excluding hydrogens is 308 g/mol. The predicted octanol–water partition coefficient (Wildman–Crippen LogP) is 3.88. The molecule has 2 amide bonds. The third kappa shape index (κ3) is 3.87. The van der Waals surface area contributed by atoms with E-state index >= 15 is 0 Å². The fraction of sp³-hybridized carbons (Fsp3) is 0.167. The summed E-state index contributed by atoms with van der Waals surface area (Å²) in [5.41, 5.74) is 2.82. The second kappa shape index (κ2) is 7.24. The van der Waals surface area contributed by atoms with Crippen molar-refractivity contribution in [2.45, 2.75) is 13.8 Å². The Morgan fingerprint density at radius 3 is 1.48 bits per heavy atom. The smallest absolute Gasteiger partial charge is 0.266 e. The van der Waals surface area contributed by atoms with E-state index in [1.54, 1.807) is 30.5 Å². The molecular formula is C18H18N2O2S. The summed E-state index contributed by atoms with van der Waals surface area (Å²) in [6.45, 7) is 3.85. The summed E-state index contributed by atoms with van der Waals surface area (Å²) in [5.74, 6) is -0.982. The molecule has 0 heterocycles. The number of carbonyl (C=O) groups is 2. The van der Waals surface area contributed by atoms with E-state index in [4.69, 9.17) is 5.41 Å². The number of carbonyl (C=O) groups excluding carboxylic acids is 2. The highest BCUT2D eigenvalue weighted by atomic mass is 32.2. The van der Waals surface area contributed by atoms with E-state index in [9.17, 15) is 9.59 Å². The van der Waals surface area contributed by atoms with E-state index in [2.05, 4.69) is 0 Å². The molecule has 0 aliphatic heterocycles.